The van der Waals surface area contributed by atoms with Gasteiger partial charge in [0.2, 0.25) is 12.7 Å². The van der Waals surface area contributed by atoms with Gasteiger partial charge in [-0.25, -0.2) is 0 Å². The van der Waals surface area contributed by atoms with Crippen LogP contribution < -0.4 is 9.47 Å². The normalized spacial score (nSPS) is 23.2. The van der Waals surface area contributed by atoms with Crippen LogP contribution in [-0.4, -0.2) is 80.4 Å². The number of benzene rings is 2. The van der Waals surface area contributed by atoms with Crippen LogP contribution in [0, 0.1) is 0 Å². The molecule has 2 aromatic carbocycles. The van der Waals surface area contributed by atoms with E-state index in [-0.39, 0.29) is 23.6 Å². The van der Waals surface area contributed by atoms with E-state index in [1.165, 1.54) is 0 Å². The largest absolute Gasteiger partial charge is 0.454 e. The molecule has 0 spiro atoms. The maximum atomic E-state index is 13.5. The average Bonchev–Trinajstić information content (AvgIpc) is 3.57. The highest BCUT2D eigenvalue weighted by molar-refractivity contribution is 7.90. The number of carbonyl (C=O) groups excluding carboxylic acids is 1. The van der Waals surface area contributed by atoms with Crippen LogP contribution in [0.25, 0.3) is 0 Å². The van der Waals surface area contributed by atoms with Crippen molar-refractivity contribution in [2.75, 3.05) is 39.5 Å². The van der Waals surface area contributed by atoms with Crippen LogP contribution in [0.3, 0.4) is 0 Å². The Morgan fingerprint density at radius 3 is 2.65 bits per heavy atom. The minimum atomic E-state index is -3.71. The maximum absolute atomic E-state index is 13.5. The van der Waals surface area contributed by atoms with E-state index in [9.17, 15) is 13.2 Å². The summed E-state index contributed by atoms with van der Waals surface area (Å²) in [6.45, 7) is 4.55. The Bertz CT molecular complexity index is 1270. The van der Waals surface area contributed by atoms with Gasteiger partial charge in [0.15, 0.2) is 17.3 Å². The molecule has 0 aromatic heterocycles. The van der Waals surface area contributed by atoms with E-state index in [0.29, 0.717) is 37.5 Å². The molecule has 0 bridgehead atoms. The fraction of sp³-hybridized carbons (Fsp3) is 0.417. The van der Waals surface area contributed by atoms with Crippen molar-refractivity contribution in [3.05, 3.63) is 53.6 Å². The van der Waals surface area contributed by atoms with E-state index in [1.807, 2.05) is 28.0 Å². The number of ether oxygens (including phenoxy) is 2. The zero-order valence-electron chi connectivity index (χ0n) is 18.7. The molecule has 10 heteroatoms. The fourth-order valence-corrected chi connectivity index (χ4v) is 6.42. The Labute approximate surface area is 198 Å². The Kier molecular flexibility index (Phi) is 5.22. The van der Waals surface area contributed by atoms with Crippen molar-refractivity contribution in [2.24, 2.45) is 4.40 Å². The summed E-state index contributed by atoms with van der Waals surface area (Å²) in [5.41, 5.74) is 1.75. The minimum absolute atomic E-state index is 0.0599. The number of piperazine rings is 1. The zero-order valence-corrected chi connectivity index (χ0v) is 19.5. The summed E-state index contributed by atoms with van der Waals surface area (Å²) in [5.74, 6) is 2.03. The van der Waals surface area contributed by atoms with Gasteiger partial charge in [0, 0.05) is 44.8 Å². The number of sulfonamides is 1. The number of amides is 1. The summed E-state index contributed by atoms with van der Waals surface area (Å²) in [7, 11) is -3.71. The summed E-state index contributed by atoms with van der Waals surface area (Å²) in [6, 6.07) is 12.5. The highest BCUT2D eigenvalue weighted by Gasteiger charge is 2.41. The Morgan fingerprint density at radius 1 is 1.00 bits per heavy atom. The first kappa shape index (κ1) is 21.4. The van der Waals surface area contributed by atoms with Crippen molar-refractivity contribution < 1.29 is 22.7 Å². The Balaban J connectivity index is 1.11. The summed E-state index contributed by atoms with van der Waals surface area (Å²) < 4.78 is 39.9. The van der Waals surface area contributed by atoms with Crippen LogP contribution in [0.1, 0.15) is 24.0 Å². The van der Waals surface area contributed by atoms with Gasteiger partial charge < -0.3 is 19.3 Å². The first-order chi connectivity index (χ1) is 16.5. The maximum Gasteiger partial charge on any atom is 0.285 e. The molecule has 2 aromatic rings. The van der Waals surface area contributed by atoms with Crippen LogP contribution in [0.2, 0.25) is 0 Å². The number of likely N-dealkylation sites (tertiary alicyclic amines) is 1. The lowest BCUT2D eigenvalue weighted by atomic mass is 10.1. The van der Waals surface area contributed by atoms with Gasteiger partial charge in [-0.3, -0.25) is 9.69 Å². The van der Waals surface area contributed by atoms with Crippen LogP contribution in [0.15, 0.2) is 51.8 Å². The third-order valence-corrected chi connectivity index (χ3v) is 8.27. The molecule has 178 valence electrons. The standard InChI is InChI=1S/C24H26N4O5S/c29-24(19-5-3-9-28(19)23-18-4-1-2-6-22(18)34(30,31)25-23)27-12-10-26(11-13-27)15-17-7-8-20-21(14-17)33-16-32-20/h1-2,4,6-8,14,19H,3,5,9-13,15-16H2. The van der Waals surface area contributed by atoms with Crippen molar-refractivity contribution in [2.45, 2.75) is 30.3 Å². The van der Waals surface area contributed by atoms with Crippen molar-refractivity contribution in [3.8, 4) is 11.5 Å². The quantitative estimate of drug-likeness (QED) is 0.657. The van der Waals surface area contributed by atoms with Gasteiger partial charge in [0.1, 0.15) is 10.9 Å². The Hall–Kier alpha value is -3.11. The molecule has 6 rings (SSSR count). The second-order valence-corrected chi connectivity index (χ2v) is 10.6. The summed E-state index contributed by atoms with van der Waals surface area (Å²) in [6.07, 6.45) is 1.54. The fourth-order valence-electron chi connectivity index (χ4n) is 5.21. The third kappa shape index (κ3) is 3.70. The summed E-state index contributed by atoms with van der Waals surface area (Å²) in [4.78, 5) is 19.8. The molecule has 1 atom stereocenters. The van der Waals surface area contributed by atoms with Crippen molar-refractivity contribution in [1.82, 2.24) is 14.7 Å². The molecule has 0 aliphatic carbocycles. The molecule has 4 aliphatic rings. The molecular weight excluding hydrogens is 456 g/mol. The summed E-state index contributed by atoms with van der Waals surface area (Å²) >= 11 is 0. The van der Waals surface area contributed by atoms with E-state index in [1.54, 1.807) is 18.2 Å². The lowest BCUT2D eigenvalue weighted by Gasteiger charge is -2.37. The highest BCUT2D eigenvalue weighted by Crippen LogP contribution is 2.33. The molecule has 4 aliphatic heterocycles. The number of hydrogen-bond donors (Lipinski definition) is 0. The number of fused-ring (bicyclic) bond motifs is 2. The van der Waals surface area contributed by atoms with Gasteiger partial charge in [0.25, 0.3) is 10.0 Å². The predicted octanol–water partition coefficient (Wildman–Crippen LogP) is 1.67. The van der Waals surface area contributed by atoms with E-state index < -0.39 is 10.0 Å². The van der Waals surface area contributed by atoms with Crippen LogP contribution in [-0.2, 0) is 21.4 Å². The third-order valence-electron chi connectivity index (χ3n) is 6.95. The molecule has 2 fully saturated rings. The Morgan fingerprint density at radius 2 is 1.79 bits per heavy atom. The molecule has 1 unspecified atom stereocenters. The molecule has 0 radical (unpaired) electrons. The number of amidine groups is 1. The monoisotopic (exact) mass is 482 g/mol. The van der Waals surface area contributed by atoms with Crippen LogP contribution >= 0.6 is 0 Å². The second-order valence-electron chi connectivity index (χ2n) is 9.03. The van der Waals surface area contributed by atoms with E-state index in [0.717, 1.165) is 43.1 Å². The van der Waals surface area contributed by atoms with Crippen LogP contribution in [0.4, 0.5) is 0 Å². The number of nitrogens with zero attached hydrogens (tertiary/aromatic N) is 4. The van der Waals surface area contributed by atoms with E-state index in [4.69, 9.17) is 9.47 Å². The number of carbonyl (C=O) groups is 1. The van der Waals surface area contributed by atoms with Crippen molar-refractivity contribution in [3.63, 3.8) is 0 Å². The zero-order chi connectivity index (χ0) is 23.3. The lowest BCUT2D eigenvalue weighted by Crippen LogP contribution is -2.54. The van der Waals surface area contributed by atoms with Gasteiger partial charge in [-0.05, 0) is 42.7 Å². The predicted molar refractivity (Wildman–Crippen MR) is 124 cm³/mol. The van der Waals surface area contributed by atoms with Gasteiger partial charge in [-0.2, -0.15) is 8.42 Å². The van der Waals surface area contributed by atoms with Gasteiger partial charge >= 0.3 is 0 Å². The van der Waals surface area contributed by atoms with E-state index in [2.05, 4.69) is 15.4 Å². The molecule has 1 amide bonds. The molecule has 34 heavy (non-hydrogen) atoms. The summed E-state index contributed by atoms with van der Waals surface area (Å²) in [5, 5.41) is 0. The smallest absolute Gasteiger partial charge is 0.285 e. The molecule has 9 nitrogen and oxygen atoms in total. The molecule has 2 saturated heterocycles. The van der Waals surface area contributed by atoms with Gasteiger partial charge in [-0.15, -0.1) is 4.40 Å². The second kappa shape index (κ2) is 8.28. The van der Waals surface area contributed by atoms with Gasteiger partial charge in [-0.1, -0.05) is 18.2 Å². The average molecular weight is 483 g/mol. The first-order valence-corrected chi connectivity index (χ1v) is 13.0. The first-order valence-electron chi connectivity index (χ1n) is 11.6. The van der Waals surface area contributed by atoms with Gasteiger partial charge in [0.05, 0.1) is 0 Å². The minimum Gasteiger partial charge on any atom is -0.454 e. The van der Waals surface area contributed by atoms with Crippen molar-refractivity contribution in [1.29, 1.82) is 0 Å². The topological polar surface area (TPSA) is 91.8 Å². The SMILES string of the molecule is O=C(C1CCCN1C1=NS(=O)(=O)c2ccccc21)N1CCN(Cc2ccc3c(c2)OCO3)CC1. The highest BCUT2D eigenvalue weighted by atomic mass is 32.2. The molecule has 0 saturated carbocycles. The van der Waals surface area contributed by atoms with E-state index >= 15 is 0 Å². The lowest BCUT2D eigenvalue weighted by molar-refractivity contribution is -0.136. The van der Waals surface area contributed by atoms with Crippen molar-refractivity contribution >= 4 is 21.8 Å². The molecule has 0 N–H and O–H groups in total. The number of hydrogen-bond acceptors (Lipinski definition) is 7. The molecule has 4 heterocycles. The van der Waals surface area contributed by atoms with Crippen LogP contribution in [0.5, 0.6) is 11.5 Å². The molecular formula is C24H26N4O5S. The number of rotatable bonds is 3.